The van der Waals surface area contributed by atoms with Crippen LogP contribution in [-0.2, 0) is 0 Å². The summed E-state index contributed by atoms with van der Waals surface area (Å²) in [4.78, 5) is 2.53. The SMILES string of the molecule is CCN(CCCCCNC)C(C)C. The molecule has 0 saturated heterocycles. The minimum absolute atomic E-state index is 0.703. The number of nitrogens with zero attached hydrogens (tertiary/aromatic N) is 1. The molecule has 0 saturated carbocycles. The summed E-state index contributed by atoms with van der Waals surface area (Å²) in [6.45, 7) is 10.4. The average molecular weight is 186 g/mol. The van der Waals surface area contributed by atoms with Gasteiger partial charge in [-0.3, -0.25) is 0 Å². The molecule has 0 atom stereocenters. The smallest absolute Gasteiger partial charge is 0.00384 e. The number of hydrogen-bond acceptors (Lipinski definition) is 2. The van der Waals surface area contributed by atoms with Gasteiger partial charge < -0.3 is 10.2 Å². The highest BCUT2D eigenvalue weighted by Crippen LogP contribution is 2.02. The molecule has 0 aliphatic heterocycles. The third kappa shape index (κ3) is 7.03. The molecule has 0 spiro atoms. The third-order valence-corrected chi connectivity index (χ3v) is 2.51. The highest BCUT2D eigenvalue weighted by atomic mass is 15.1. The van der Waals surface area contributed by atoms with E-state index in [4.69, 9.17) is 0 Å². The van der Waals surface area contributed by atoms with E-state index in [1.165, 1.54) is 32.4 Å². The molecule has 0 rings (SSSR count). The Morgan fingerprint density at radius 3 is 2.31 bits per heavy atom. The second-order valence-corrected chi connectivity index (χ2v) is 3.89. The number of hydrogen-bond donors (Lipinski definition) is 1. The lowest BCUT2D eigenvalue weighted by Gasteiger charge is -2.24. The van der Waals surface area contributed by atoms with Gasteiger partial charge >= 0.3 is 0 Å². The Bertz CT molecular complexity index is 102. The number of rotatable bonds is 8. The predicted octanol–water partition coefficient (Wildman–Crippen LogP) is 2.11. The van der Waals surface area contributed by atoms with Crippen LogP contribution in [-0.4, -0.2) is 37.6 Å². The summed E-state index contributed by atoms with van der Waals surface area (Å²) < 4.78 is 0. The van der Waals surface area contributed by atoms with Gasteiger partial charge in [-0.25, -0.2) is 0 Å². The normalized spacial score (nSPS) is 11.5. The summed E-state index contributed by atoms with van der Waals surface area (Å²) in [7, 11) is 2.02. The predicted molar refractivity (Wildman–Crippen MR) is 60.2 cm³/mol. The molecule has 2 heteroatoms. The lowest BCUT2D eigenvalue weighted by atomic mass is 10.2. The Morgan fingerprint density at radius 2 is 1.85 bits per heavy atom. The standard InChI is InChI=1S/C11H26N2/c1-5-13(11(2)3)10-8-6-7-9-12-4/h11-12H,5-10H2,1-4H3. The Labute approximate surface area is 83.7 Å². The van der Waals surface area contributed by atoms with Crippen molar-refractivity contribution in [2.24, 2.45) is 0 Å². The zero-order chi connectivity index (χ0) is 10.1. The first-order valence-electron chi connectivity index (χ1n) is 5.61. The lowest BCUT2D eigenvalue weighted by molar-refractivity contribution is 0.228. The van der Waals surface area contributed by atoms with E-state index in [0.29, 0.717) is 6.04 Å². The molecular weight excluding hydrogens is 160 g/mol. The van der Waals surface area contributed by atoms with Crippen molar-refractivity contribution in [1.82, 2.24) is 10.2 Å². The molecule has 0 unspecified atom stereocenters. The van der Waals surface area contributed by atoms with Crippen LogP contribution in [0.25, 0.3) is 0 Å². The van der Waals surface area contributed by atoms with Crippen LogP contribution in [0.15, 0.2) is 0 Å². The molecule has 80 valence electrons. The first-order chi connectivity index (χ1) is 6.22. The molecule has 2 nitrogen and oxygen atoms in total. The maximum atomic E-state index is 3.18. The van der Waals surface area contributed by atoms with Gasteiger partial charge in [-0.15, -0.1) is 0 Å². The van der Waals surface area contributed by atoms with Crippen molar-refractivity contribution in [3.05, 3.63) is 0 Å². The Balaban J connectivity index is 3.28. The molecule has 0 bridgehead atoms. The van der Waals surface area contributed by atoms with Gasteiger partial charge in [0.1, 0.15) is 0 Å². The molecule has 0 aliphatic rings. The van der Waals surface area contributed by atoms with E-state index in [1.54, 1.807) is 0 Å². The van der Waals surface area contributed by atoms with E-state index < -0.39 is 0 Å². The van der Waals surface area contributed by atoms with Gasteiger partial charge in [0, 0.05) is 6.04 Å². The fourth-order valence-electron chi connectivity index (χ4n) is 1.57. The van der Waals surface area contributed by atoms with E-state index in [2.05, 4.69) is 31.0 Å². The fourth-order valence-corrected chi connectivity index (χ4v) is 1.57. The van der Waals surface area contributed by atoms with E-state index in [-0.39, 0.29) is 0 Å². The zero-order valence-corrected chi connectivity index (χ0v) is 9.77. The second-order valence-electron chi connectivity index (χ2n) is 3.89. The minimum Gasteiger partial charge on any atom is -0.320 e. The van der Waals surface area contributed by atoms with Crippen LogP contribution in [0, 0.1) is 0 Å². The van der Waals surface area contributed by atoms with Crippen LogP contribution in [0.5, 0.6) is 0 Å². The summed E-state index contributed by atoms with van der Waals surface area (Å²) in [5.41, 5.74) is 0. The highest BCUT2D eigenvalue weighted by Gasteiger charge is 2.04. The van der Waals surface area contributed by atoms with Crippen molar-refractivity contribution in [3.63, 3.8) is 0 Å². The topological polar surface area (TPSA) is 15.3 Å². The molecule has 1 N–H and O–H groups in total. The van der Waals surface area contributed by atoms with Gasteiger partial charge in [0.15, 0.2) is 0 Å². The molecule has 0 amide bonds. The van der Waals surface area contributed by atoms with Crippen molar-refractivity contribution in [2.75, 3.05) is 26.7 Å². The zero-order valence-electron chi connectivity index (χ0n) is 9.77. The summed E-state index contributed by atoms with van der Waals surface area (Å²) in [6, 6.07) is 0.703. The van der Waals surface area contributed by atoms with Gasteiger partial charge in [0.2, 0.25) is 0 Å². The number of unbranched alkanes of at least 4 members (excludes halogenated alkanes) is 2. The number of nitrogens with one attached hydrogen (secondary N) is 1. The van der Waals surface area contributed by atoms with Crippen molar-refractivity contribution in [3.8, 4) is 0 Å². The average Bonchev–Trinajstić information content (AvgIpc) is 2.10. The molecular formula is C11H26N2. The molecule has 0 aromatic carbocycles. The van der Waals surface area contributed by atoms with E-state index in [1.807, 2.05) is 7.05 Å². The van der Waals surface area contributed by atoms with Crippen molar-refractivity contribution in [1.29, 1.82) is 0 Å². The first kappa shape index (κ1) is 12.9. The van der Waals surface area contributed by atoms with E-state index in [9.17, 15) is 0 Å². The summed E-state index contributed by atoms with van der Waals surface area (Å²) >= 11 is 0. The minimum atomic E-state index is 0.703. The van der Waals surface area contributed by atoms with Crippen molar-refractivity contribution in [2.45, 2.75) is 46.1 Å². The molecule has 0 aliphatic carbocycles. The van der Waals surface area contributed by atoms with E-state index in [0.717, 1.165) is 6.54 Å². The van der Waals surface area contributed by atoms with Crippen LogP contribution >= 0.6 is 0 Å². The molecule has 0 radical (unpaired) electrons. The van der Waals surface area contributed by atoms with Crippen LogP contribution < -0.4 is 5.32 Å². The molecule has 0 fully saturated rings. The Kier molecular flexibility index (Phi) is 8.46. The third-order valence-electron chi connectivity index (χ3n) is 2.51. The lowest BCUT2D eigenvalue weighted by Crippen LogP contribution is -2.31. The summed E-state index contributed by atoms with van der Waals surface area (Å²) in [5, 5.41) is 3.18. The summed E-state index contributed by atoms with van der Waals surface area (Å²) in [6.07, 6.45) is 4.00. The van der Waals surface area contributed by atoms with Crippen LogP contribution in [0.2, 0.25) is 0 Å². The van der Waals surface area contributed by atoms with Gasteiger partial charge in [-0.1, -0.05) is 13.3 Å². The quantitative estimate of drug-likeness (QED) is 0.584. The van der Waals surface area contributed by atoms with Crippen LogP contribution in [0.1, 0.15) is 40.0 Å². The molecule has 0 heterocycles. The Morgan fingerprint density at radius 1 is 1.15 bits per heavy atom. The molecule has 0 aromatic heterocycles. The summed E-state index contributed by atoms with van der Waals surface area (Å²) in [5.74, 6) is 0. The maximum absolute atomic E-state index is 3.18. The van der Waals surface area contributed by atoms with Gasteiger partial charge in [-0.2, -0.15) is 0 Å². The Hall–Kier alpha value is -0.0800. The van der Waals surface area contributed by atoms with Gasteiger partial charge in [0.25, 0.3) is 0 Å². The maximum Gasteiger partial charge on any atom is 0.00384 e. The van der Waals surface area contributed by atoms with Crippen molar-refractivity contribution < 1.29 is 0 Å². The first-order valence-corrected chi connectivity index (χ1v) is 5.61. The van der Waals surface area contributed by atoms with Gasteiger partial charge in [-0.05, 0) is 53.4 Å². The second kappa shape index (κ2) is 8.52. The highest BCUT2D eigenvalue weighted by molar-refractivity contribution is 4.60. The van der Waals surface area contributed by atoms with Crippen LogP contribution in [0.3, 0.4) is 0 Å². The fraction of sp³-hybridized carbons (Fsp3) is 1.00. The monoisotopic (exact) mass is 186 g/mol. The van der Waals surface area contributed by atoms with E-state index >= 15 is 0 Å². The molecule has 13 heavy (non-hydrogen) atoms. The largest absolute Gasteiger partial charge is 0.320 e. The van der Waals surface area contributed by atoms with Crippen molar-refractivity contribution >= 4 is 0 Å². The van der Waals surface area contributed by atoms with Crippen LogP contribution in [0.4, 0.5) is 0 Å². The van der Waals surface area contributed by atoms with Gasteiger partial charge in [0.05, 0.1) is 0 Å². The molecule has 0 aromatic rings.